The van der Waals surface area contributed by atoms with E-state index in [9.17, 15) is 0 Å². The smallest absolute Gasteiger partial charge is 0.103 e. The highest BCUT2D eigenvalue weighted by molar-refractivity contribution is 6.40. The van der Waals surface area contributed by atoms with E-state index in [0.717, 1.165) is 5.82 Å². The summed E-state index contributed by atoms with van der Waals surface area (Å²) in [6.07, 6.45) is 4.61. The number of hydrogen-bond donors (Lipinski definition) is 0. The molecule has 3 aromatic heterocycles. The number of rotatable bonds is 3. The summed E-state index contributed by atoms with van der Waals surface area (Å²) in [6, 6.07) is 47.6. The predicted molar refractivity (Wildman–Crippen MR) is 210 cm³/mol. The normalized spacial score (nSPS) is 12.5. The van der Waals surface area contributed by atoms with Gasteiger partial charge in [0, 0.05) is 34.4 Å². The molecule has 2 nitrogen and oxygen atoms in total. The molecule has 0 aliphatic rings. The average molecular weight is 643 g/mol. The Morgan fingerprint density at radius 3 is 1.88 bits per heavy atom. The molecule has 0 aliphatic heterocycles. The second-order valence-corrected chi connectivity index (χ2v) is 15.1. The van der Waals surface area contributed by atoms with Gasteiger partial charge in [0.1, 0.15) is 0 Å². The standard InChI is InChI=1S/C48H38N2/c1-29-18-20-32(31-12-7-6-8-13-31)26-40(29)42-27-33(48(3,4)5)22-24-49(42)43-28-41-30(2)19-21-38-37-17-11-16-36-34-14-9-10-15-35(34)39-23-25-50(43)47(45(38)41)46(39)44(36)37/h6-28H,1-5H3/q+2. The molecule has 238 valence electrons. The first kappa shape index (κ1) is 29.1. The zero-order valence-corrected chi connectivity index (χ0v) is 29.2. The summed E-state index contributed by atoms with van der Waals surface area (Å²) in [5.41, 5.74) is 10.0. The van der Waals surface area contributed by atoms with Crippen LogP contribution in [0.4, 0.5) is 0 Å². The Morgan fingerprint density at radius 1 is 0.460 bits per heavy atom. The van der Waals surface area contributed by atoms with Crippen molar-refractivity contribution in [3.05, 3.63) is 156 Å². The van der Waals surface area contributed by atoms with Gasteiger partial charge in [-0.2, -0.15) is 0 Å². The van der Waals surface area contributed by atoms with Crippen molar-refractivity contribution in [1.82, 2.24) is 0 Å². The van der Waals surface area contributed by atoms with E-state index in [4.69, 9.17) is 0 Å². The molecule has 0 spiro atoms. The quantitative estimate of drug-likeness (QED) is 0.103. The molecular weight excluding hydrogens is 605 g/mol. The van der Waals surface area contributed by atoms with Gasteiger partial charge in [-0.05, 0) is 80.1 Å². The van der Waals surface area contributed by atoms with Crippen molar-refractivity contribution < 1.29 is 8.97 Å². The number of pyridine rings is 3. The van der Waals surface area contributed by atoms with Crippen molar-refractivity contribution in [2.24, 2.45) is 0 Å². The van der Waals surface area contributed by atoms with Crippen LogP contribution in [0.25, 0.3) is 87.6 Å². The molecule has 0 atom stereocenters. The highest BCUT2D eigenvalue weighted by Crippen LogP contribution is 2.45. The van der Waals surface area contributed by atoms with Crippen LogP contribution in [0.3, 0.4) is 0 Å². The van der Waals surface area contributed by atoms with Gasteiger partial charge in [0.25, 0.3) is 0 Å². The Kier molecular flexibility index (Phi) is 6.01. The number of fused-ring (bicyclic) bond motifs is 4. The summed E-state index contributed by atoms with van der Waals surface area (Å²) in [6.45, 7) is 11.4. The molecule has 0 radical (unpaired) electrons. The summed E-state index contributed by atoms with van der Waals surface area (Å²) < 4.78 is 4.90. The molecule has 0 saturated heterocycles. The minimum atomic E-state index is -0.00369. The van der Waals surface area contributed by atoms with Crippen molar-refractivity contribution in [3.8, 4) is 28.2 Å². The Morgan fingerprint density at radius 2 is 1.12 bits per heavy atom. The second kappa shape index (κ2) is 10.3. The van der Waals surface area contributed by atoms with E-state index in [1.165, 1.54) is 98.5 Å². The molecule has 3 heterocycles. The lowest BCUT2D eigenvalue weighted by Crippen LogP contribution is -2.45. The summed E-state index contributed by atoms with van der Waals surface area (Å²) in [5.74, 6) is 1.13. The molecule has 0 fully saturated rings. The maximum absolute atomic E-state index is 2.47. The van der Waals surface area contributed by atoms with E-state index in [1.54, 1.807) is 0 Å². The summed E-state index contributed by atoms with van der Waals surface area (Å²) in [5, 5.41) is 13.2. The molecule has 0 aliphatic carbocycles. The van der Waals surface area contributed by atoms with Crippen LogP contribution in [0, 0.1) is 13.8 Å². The van der Waals surface area contributed by atoms with Gasteiger partial charge in [-0.1, -0.05) is 118 Å². The van der Waals surface area contributed by atoms with Gasteiger partial charge in [-0.25, -0.2) is 0 Å². The maximum Gasteiger partial charge on any atom is 0.456 e. The van der Waals surface area contributed by atoms with Gasteiger partial charge in [0.2, 0.25) is 11.2 Å². The van der Waals surface area contributed by atoms with Gasteiger partial charge in [-0.15, -0.1) is 8.97 Å². The zero-order chi connectivity index (χ0) is 33.9. The molecular formula is C48H38N2+2. The van der Waals surface area contributed by atoms with E-state index in [1.807, 2.05) is 0 Å². The van der Waals surface area contributed by atoms with Crippen molar-refractivity contribution >= 4 is 59.4 Å². The van der Waals surface area contributed by atoms with E-state index in [-0.39, 0.29) is 5.41 Å². The number of aryl methyl sites for hydroxylation is 2. The van der Waals surface area contributed by atoms with Crippen molar-refractivity contribution in [2.75, 3.05) is 0 Å². The number of nitrogens with zero attached hydrogens (tertiary/aromatic N) is 2. The van der Waals surface area contributed by atoms with E-state index >= 15 is 0 Å². The Bertz CT molecular complexity index is 2960. The van der Waals surface area contributed by atoms with Crippen molar-refractivity contribution in [1.29, 1.82) is 0 Å². The van der Waals surface area contributed by atoms with Crippen molar-refractivity contribution in [3.63, 3.8) is 0 Å². The lowest BCUT2D eigenvalue weighted by molar-refractivity contribution is -0.699. The van der Waals surface area contributed by atoms with Crippen LogP contribution in [0.15, 0.2) is 140 Å². The van der Waals surface area contributed by atoms with Crippen LogP contribution >= 0.6 is 0 Å². The van der Waals surface area contributed by atoms with Crippen molar-refractivity contribution in [2.45, 2.75) is 40.0 Å². The summed E-state index contributed by atoms with van der Waals surface area (Å²) >= 11 is 0. The molecule has 10 rings (SSSR count). The van der Waals surface area contributed by atoms with Gasteiger partial charge >= 0.3 is 5.82 Å². The zero-order valence-electron chi connectivity index (χ0n) is 29.2. The van der Waals surface area contributed by atoms with Crippen LogP contribution in [0.1, 0.15) is 37.5 Å². The van der Waals surface area contributed by atoms with Crippen LogP contribution in [-0.2, 0) is 5.41 Å². The number of hydrogen-bond acceptors (Lipinski definition) is 0. The Balaban J connectivity index is 1.38. The minimum Gasteiger partial charge on any atom is -0.103 e. The van der Waals surface area contributed by atoms with E-state index < -0.39 is 0 Å². The first-order valence-electron chi connectivity index (χ1n) is 17.7. The molecule has 7 aromatic carbocycles. The van der Waals surface area contributed by atoms with Crippen LogP contribution in [0.5, 0.6) is 0 Å². The second-order valence-electron chi connectivity index (χ2n) is 15.1. The van der Waals surface area contributed by atoms with Gasteiger partial charge in [-0.3, -0.25) is 0 Å². The molecule has 50 heavy (non-hydrogen) atoms. The molecule has 0 N–H and O–H groups in total. The van der Waals surface area contributed by atoms with Gasteiger partial charge in [0.05, 0.1) is 22.4 Å². The van der Waals surface area contributed by atoms with E-state index in [2.05, 4.69) is 183 Å². The highest BCUT2D eigenvalue weighted by atomic mass is 15.1. The third kappa shape index (κ3) is 4.02. The fourth-order valence-corrected chi connectivity index (χ4v) is 8.55. The number of aromatic nitrogens is 2. The Hall–Kier alpha value is -5.86. The monoisotopic (exact) mass is 642 g/mol. The van der Waals surface area contributed by atoms with Crippen LogP contribution in [0.2, 0.25) is 0 Å². The van der Waals surface area contributed by atoms with Crippen LogP contribution < -0.4 is 8.97 Å². The lowest BCUT2D eigenvalue weighted by Gasteiger charge is -2.20. The lowest BCUT2D eigenvalue weighted by atomic mass is 9.85. The molecule has 0 saturated carbocycles. The topological polar surface area (TPSA) is 7.98 Å². The largest absolute Gasteiger partial charge is 0.456 e. The summed E-state index contributed by atoms with van der Waals surface area (Å²) in [4.78, 5) is 0. The molecule has 2 heteroatoms. The minimum absolute atomic E-state index is 0.00369. The van der Waals surface area contributed by atoms with Gasteiger partial charge in [0.15, 0.2) is 12.4 Å². The third-order valence-corrected chi connectivity index (χ3v) is 11.2. The molecule has 0 unspecified atom stereocenters. The average Bonchev–Trinajstić information content (AvgIpc) is 3.14. The summed E-state index contributed by atoms with van der Waals surface area (Å²) in [7, 11) is 0. The predicted octanol–water partition coefficient (Wildman–Crippen LogP) is 11.6. The highest BCUT2D eigenvalue weighted by Gasteiger charge is 2.33. The first-order valence-corrected chi connectivity index (χ1v) is 17.7. The Labute approximate surface area is 292 Å². The molecule has 0 amide bonds. The van der Waals surface area contributed by atoms with E-state index in [0.29, 0.717) is 0 Å². The molecule has 10 aromatic rings. The third-order valence-electron chi connectivity index (χ3n) is 11.2. The SMILES string of the molecule is Cc1ccc(-c2ccccc2)cc1-c1cc(C(C)(C)C)cc[n+]1-c1cc2c(C)ccc3c4cccc5c6ccccc6c6cc[n+]1c(c23)c6c54. The maximum atomic E-state index is 2.47. The fourth-order valence-electron chi connectivity index (χ4n) is 8.55. The molecule has 0 bridgehead atoms. The van der Waals surface area contributed by atoms with Crippen LogP contribution in [-0.4, -0.2) is 0 Å². The van der Waals surface area contributed by atoms with Gasteiger partial charge < -0.3 is 0 Å². The number of benzene rings is 7. The first-order chi connectivity index (χ1) is 24.3. The fraction of sp³-hybridized carbons (Fsp3) is 0.125.